The highest BCUT2D eigenvalue weighted by atomic mass is 35.5. The van der Waals surface area contributed by atoms with Crippen molar-refractivity contribution in [2.45, 2.75) is 71.5 Å². The normalized spacial score (nSPS) is 18.8. The first-order chi connectivity index (χ1) is 24.1. The standard InChI is InChI=1S/C36H36ClF2N9O3/c1-34(2,3)19-36(24-8-5-21(6-9-24)23-16-42-28(15-40)43-17-23)31(50)47(33(41)46-36)27(18-51-29(49)14-35(4)11-12-35)22-7-10-26(37)25(13-22)30-44-20-45-48(30)32(38)39/h5-10,13,16-17,20,27,32H,11-12,14,18-19H2,1-4H3,(H2,41,46)/t27-,36-/m1/s1. The number of rotatable bonds is 11. The highest BCUT2D eigenvalue weighted by molar-refractivity contribution is 6.33. The summed E-state index contributed by atoms with van der Waals surface area (Å²) in [5, 5.41) is 12.8. The molecule has 0 saturated heterocycles. The number of nitrogens with two attached hydrogens (primary N) is 1. The summed E-state index contributed by atoms with van der Waals surface area (Å²) in [6.07, 6.45) is 6.39. The summed E-state index contributed by atoms with van der Waals surface area (Å²) in [5.74, 6) is -1.12. The molecule has 264 valence electrons. The summed E-state index contributed by atoms with van der Waals surface area (Å²) in [5.41, 5.74) is 7.20. The summed E-state index contributed by atoms with van der Waals surface area (Å²) in [4.78, 5) is 46.2. The number of esters is 1. The van der Waals surface area contributed by atoms with Crippen LogP contribution in [0.5, 0.6) is 0 Å². The third-order valence-corrected chi connectivity index (χ3v) is 9.45. The van der Waals surface area contributed by atoms with E-state index in [-0.39, 0.29) is 53.1 Å². The van der Waals surface area contributed by atoms with Crippen LogP contribution in [0.25, 0.3) is 22.5 Å². The summed E-state index contributed by atoms with van der Waals surface area (Å²) in [7, 11) is 0. The molecule has 1 fully saturated rings. The maximum absolute atomic E-state index is 15.0. The van der Waals surface area contributed by atoms with Crippen LogP contribution in [0.4, 0.5) is 8.78 Å². The molecule has 2 N–H and O–H groups in total. The molecule has 1 saturated carbocycles. The minimum absolute atomic E-state index is 0.0478. The van der Waals surface area contributed by atoms with Gasteiger partial charge in [-0.05, 0) is 58.9 Å². The Bertz CT molecular complexity index is 2030. The predicted octanol–water partition coefficient (Wildman–Crippen LogP) is 6.59. The number of halogens is 3. The number of carbonyl (C=O) groups excluding carboxylic acids is 2. The molecule has 1 aliphatic carbocycles. The molecule has 2 aromatic heterocycles. The van der Waals surface area contributed by atoms with Gasteiger partial charge in [0.05, 0.1) is 17.5 Å². The van der Waals surface area contributed by atoms with Crippen LogP contribution in [0.2, 0.25) is 5.02 Å². The molecule has 2 aromatic carbocycles. The number of aromatic nitrogens is 5. The van der Waals surface area contributed by atoms with Crippen molar-refractivity contribution in [3.05, 3.63) is 83.2 Å². The molecule has 0 spiro atoms. The smallest absolute Gasteiger partial charge is 0.335 e. The first-order valence-corrected chi connectivity index (χ1v) is 16.7. The van der Waals surface area contributed by atoms with E-state index in [0.29, 0.717) is 21.4 Å². The maximum Gasteiger partial charge on any atom is 0.335 e. The molecule has 4 aromatic rings. The minimum Gasteiger partial charge on any atom is -0.463 e. The number of carbonyl (C=O) groups is 2. The van der Waals surface area contributed by atoms with Gasteiger partial charge in [0, 0.05) is 23.5 Å². The molecule has 6 rings (SSSR count). The van der Waals surface area contributed by atoms with Crippen LogP contribution >= 0.6 is 11.6 Å². The molecule has 2 aliphatic rings. The Hall–Kier alpha value is -5.29. The van der Waals surface area contributed by atoms with Crippen LogP contribution < -0.4 is 5.73 Å². The molecule has 1 amide bonds. The largest absolute Gasteiger partial charge is 0.463 e. The summed E-state index contributed by atoms with van der Waals surface area (Å²) >= 11 is 6.50. The van der Waals surface area contributed by atoms with Crippen LogP contribution in [-0.4, -0.2) is 54.1 Å². The Morgan fingerprint density at radius 1 is 1.10 bits per heavy atom. The van der Waals surface area contributed by atoms with Crippen molar-refractivity contribution >= 4 is 29.4 Å². The highest BCUT2D eigenvalue weighted by Crippen LogP contribution is 2.49. The molecule has 15 heteroatoms. The van der Waals surface area contributed by atoms with Gasteiger partial charge in [0.25, 0.3) is 5.91 Å². The second-order valence-corrected chi connectivity index (χ2v) is 14.9. The van der Waals surface area contributed by atoms with Crippen molar-refractivity contribution in [3.63, 3.8) is 0 Å². The second kappa shape index (κ2) is 13.4. The topological polar surface area (TPSA) is 165 Å². The molecule has 0 bridgehead atoms. The molecular weight excluding hydrogens is 680 g/mol. The van der Waals surface area contributed by atoms with Gasteiger partial charge in [0.2, 0.25) is 5.82 Å². The Morgan fingerprint density at radius 3 is 2.39 bits per heavy atom. The van der Waals surface area contributed by atoms with E-state index in [1.165, 1.54) is 17.0 Å². The van der Waals surface area contributed by atoms with Crippen LogP contribution in [0.1, 0.15) is 82.9 Å². The molecule has 51 heavy (non-hydrogen) atoms. The van der Waals surface area contributed by atoms with E-state index < -0.39 is 35.4 Å². The van der Waals surface area contributed by atoms with E-state index in [1.54, 1.807) is 30.6 Å². The zero-order chi connectivity index (χ0) is 36.7. The zero-order valence-corrected chi connectivity index (χ0v) is 29.2. The minimum atomic E-state index is -2.99. The van der Waals surface area contributed by atoms with Gasteiger partial charge in [0.15, 0.2) is 17.3 Å². The van der Waals surface area contributed by atoms with Gasteiger partial charge in [-0.25, -0.2) is 19.9 Å². The number of nitriles is 1. The van der Waals surface area contributed by atoms with E-state index in [1.807, 2.05) is 45.9 Å². The van der Waals surface area contributed by atoms with Gasteiger partial charge in [-0.1, -0.05) is 69.6 Å². The van der Waals surface area contributed by atoms with Crippen LogP contribution in [-0.2, 0) is 19.9 Å². The summed E-state index contributed by atoms with van der Waals surface area (Å²) < 4.78 is 33.9. The number of nitrogens with zero attached hydrogens (tertiary/aromatic N) is 8. The van der Waals surface area contributed by atoms with Gasteiger partial charge < -0.3 is 10.5 Å². The third kappa shape index (κ3) is 7.30. The van der Waals surface area contributed by atoms with E-state index in [4.69, 9.17) is 32.3 Å². The van der Waals surface area contributed by atoms with Crippen molar-refractivity contribution in [3.8, 4) is 28.6 Å². The van der Waals surface area contributed by atoms with Gasteiger partial charge >= 0.3 is 12.5 Å². The van der Waals surface area contributed by atoms with Crippen molar-refractivity contribution in [1.29, 1.82) is 5.26 Å². The monoisotopic (exact) mass is 715 g/mol. The van der Waals surface area contributed by atoms with Gasteiger partial charge in [-0.2, -0.15) is 23.8 Å². The number of hydrogen-bond acceptors (Lipinski definition) is 10. The van der Waals surface area contributed by atoms with Gasteiger partial charge in [0.1, 0.15) is 19.0 Å². The number of benzene rings is 2. The molecule has 0 radical (unpaired) electrons. The summed E-state index contributed by atoms with van der Waals surface area (Å²) in [6.45, 7) is 4.69. The number of guanidine groups is 1. The average molecular weight is 716 g/mol. The van der Waals surface area contributed by atoms with Crippen molar-refractivity contribution in [2.24, 2.45) is 21.6 Å². The third-order valence-electron chi connectivity index (χ3n) is 9.12. The lowest BCUT2D eigenvalue weighted by Gasteiger charge is -2.35. The van der Waals surface area contributed by atoms with E-state index in [2.05, 4.69) is 20.1 Å². The summed E-state index contributed by atoms with van der Waals surface area (Å²) in [6, 6.07) is 12.7. The Balaban J connectivity index is 1.41. The SMILES string of the molecule is CC(C)(C)C[C@]1(c2ccc(-c3cnc(C#N)nc3)cc2)N=C(N)N([C@H](COC(=O)CC2(C)CC2)c2ccc(Cl)c(-c3ncnn3C(F)F)c2)C1=O. The fraction of sp³-hybridized carbons (Fsp3) is 0.389. The Morgan fingerprint density at radius 2 is 1.78 bits per heavy atom. The number of alkyl halides is 2. The van der Waals surface area contributed by atoms with Gasteiger partial charge in [-0.15, -0.1) is 0 Å². The number of aliphatic imine (C=N–C) groups is 1. The average Bonchev–Trinajstić information content (AvgIpc) is 3.49. The maximum atomic E-state index is 15.0. The van der Waals surface area contributed by atoms with Gasteiger partial charge in [-0.3, -0.25) is 14.5 Å². The number of ether oxygens (including phenoxy) is 1. The van der Waals surface area contributed by atoms with Crippen LogP contribution in [0.15, 0.2) is 66.2 Å². The molecule has 2 atom stereocenters. The fourth-order valence-corrected chi connectivity index (χ4v) is 6.54. The van der Waals surface area contributed by atoms with Crippen molar-refractivity contribution < 1.29 is 23.1 Å². The molecule has 1 aliphatic heterocycles. The predicted molar refractivity (Wildman–Crippen MR) is 184 cm³/mol. The Kier molecular flexibility index (Phi) is 9.37. The fourth-order valence-electron chi connectivity index (χ4n) is 6.34. The quantitative estimate of drug-likeness (QED) is 0.169. The lowest BCUT2D eigenvalue weighted by Crippen LogP contribution is -2.47. The lowest BCUT2D eigenvalue weighted by molar-refractivity contribution is -0.148. The van der Waals surface area contributed by atoms with Crippen LogP contribution in [0, 0.1) is 22.2 Å². The van der Waals surface area contributed by atoms with Crippen LogP contribution in [0.3, 0.4) is 0 Å². The first-order valence-electron chi connectivity index (χ1n) is 16.3. The Labute approximate surface area is 298 Å². The molecule has 3 heterocycles. The number of hydrogen-bond donors (Lipinski definition) is 1. The second-order valence-electron chi connectivity index (χ2n) is 14.5. The zero-order valence-electron chi connectivity index (χ0n) is 28.5. The van der Waals surface area contributed by atoms with E-state index >= 15 is 0 Å². The molecule has 0 unspecified atom stereocenters. The van der Waals surface area contributed by atoms with E-state index in [9.17, 15) is 18.4 Å². The first kappa shape index (κ1) is 35.5. The number of amides is 1. The van der Waals surface area contributed by atoms with Crippen molar-refractivity contribution in [2.75, 3.05) is 6.61 Å². The lowest BCUT2D eigenvalue weighted by atomic mass is 9.75. The van der Waals surface area contributed by atoms with E-state index in [0.717, 1.165) is 24.7 Å². The highest BCUT2D eigenvalue weighted by Gasteiger charge is 2.53. The van der Waals surface area contributed by atoms with Crippen molar-refractivity contribution in [1.82, 2.24) is 29.6 Å². The molecule has 12 nitrogen and oxygen atoms in total. The molecular formula is C36H36ClF2N9O3.